The highest BCUT2D eigenvalue weighted by molar-refractivity contribution is 4.67. The molecule has 0 aliphatic rings. The average molecular weight is 535 g/mol. The van der Waals surface area contributed by atoms with Gasteiger partial charge in [0, 0.05) is 0 Å². The van der Waals surface area contributed by atoms with E-state index < -0.39 is 20.5 Å². The molecule has 0 spiro atoms. The molecule has 16 nitrogen and oxygen atoms in total. The van der Waals surface area contributed by atoms with Gasteiger partial charge < -0.3 is 0 Å². The third kappa shape index (κ3) is 14.0. The van der Waals surface area contributed by atoms with Crippen molar-refractivity contribution in [2.75, 3.05) is 0 Å². The maximum atomic E-state index is 8.49. The summed E-state index contributed by atoms with van der Waals surface area (Å²) in [5, 5.41) is 17.8. The summed E-state index contributed by atoms with van der Waals surface area (Å²) in [4.78, 5) is 3.49. The summed E-state index contributed by atoms with van der Waals surface area (Å²) in [6.07, 6.45) is 5.55. The quantitative estimate of drug-likeness (QED) is 0.300. The van der Waals surface area contributed by atoms with Gasteiger partial charge in [-0.05, 0) is 77.8 Å². The van der Waals surface area contributed by atoms with Gasteiger partial charge in [0.05, 0.1) is 20.6 Å². The van der Waals surface area contributed by atoms with Crippen molar-refractivity contribution < 1.29 is 67.1 Å². The van der Waals surface area contributed by atoms with Crippen LogP contribution in [0.15, 0.2) is 12.7 Å². The molecular weight excluding hydrogens is 503 g/mol. The highest BCUT2D eigenvalue weighted by Gasteiger charge is 2.34. The first-order valence-corrected chi connectivity index (χ1v) is 12.4. The van der Waals surface area contributed by atoms with E-state index in [2.05, 4.69) is 76.0 Å². The molecule has 0 N–H and O–H groups in total. The molecule has 0 saturated heterocycles. The molecule has 0 aliphatic heterocycles. The van der Waals surface area contributed by atoms with Crippen molar-refractivity contribution in [3.05, 3.63) is 12.7 Å². The Morgan fingerprint density at radius 1 is 0.647 bits per heavy atom. The Labute approximate surface area is 201 Å². The first-order valence-electron chi connectivity index (χ1n) is 9.95. The second kappa shape index (κ2) is 12.4. The number of tetrazole rings is 2. The zero-order valence-electron chi connectivity index (χ0n) is 20.3. The lowest BCUT2D eigenvalue weighted by Crippen LogP contribution is -2.68. The topological polar surface area (TPSA) is 254 Å². The molecule has 0 aliphatic carbocycles. The summed E-state index contributed by atoms with van der Waals surface area (Å²) in [5.41, 5.74) is -0.224. The smallest absolute Gasteiger partial charge is 0.222 e. The van der Waals surface area contributed by atoms with Crippen molar-refractivity contribution in [1.82, 2.24) is 30.2 Å². The van der Waals surface area contributed by atoms with Crippen molar-refractivity contribution in [3.63, 3.8) is 0 Å². The Morgan fingerprint density at radius 3 is 1.06 bits per heavy atom. The number of nitrogens with zero attached hydrogens (tertiary/aromatic N) is 8. The molecule has 18 heteroatoms. The van der Waals surface area contributed by atoms with Gasteiger partial charge in [-0.2, -0.15) is 0 Å². The van der Waals surface area contributed by atoms with Crippen LogP contribution < -0.4 is 46.6 Å². The molecule has 0 unspecified atom stereocenters. The van der Waals surface area contributed by atoms with Crippen LogP contribution in [0.25, 0.3) is 0 Å². The predicted molar refractivity (Wildman–Crippen MR) is 89.1 cm³/mol. The van der Waals surface area contributed by atoms with E-state index >= 15 is 0 Å². The Hall–Kier alpha value is -1.60. The van der Waals surface area contributed by atoms with Crippen molar-refractivity contribution in [2.24, 2.45) is 0 Å². The highest BCUT2D eigenvalue weighted by Crippen LogP contribution is 2.22. The summed E-state index contributed by atoms with van der Waals surface area (Å²) in [5.74, 6) is 0. The maximum Gasteiger partial charge on any atom is 0.286 e. The largest absolute Gasteiger partial charge is 0.286 e. The molecule has 2 aromatic rings. The summed E-state index contributed by atoms with van der Waals surface area (Å²) in [6, 6.07) is 0.528. The van der Waals surface area contributed by atoms with Crippen LogP contribution in [-0.4, -0.2) is 30.2 Å². The predicted octanol–water partition coefficient (Wildman–Crippen LogP) is -7.96. The lowest BCUT2D eigenvalue weighted by Gasteiger charge is -2.25. The molecule has 0 aromatic carbocycles. The monoisotopic (exact) mass is 534 g/mol. The number of halogens is 2. The molecule has 0 bridgehead atoms. The van der Waals surface area contributed by atoms with E-state index in [1.807, 2.05) is 22.0 Å². The van der Waals surface area contributed by atoms with Crippen LogP contribution in [0.5, 0.6) is 0 Å². The van der Waals surface area contributed by atoms with Crippen LogP contribution in [0.2, 0.25) is 0 Å². The van der Waals surface area contributed by atoms with E-state index in [9.17, 15) is 0 Å². The van der Waals surface area contributed by atoms with Gasteiger partial charge in [0.1, 0.15) is 23.2 Å². The Kier molecular flexibility index (Phi) is 11.8. The van der Waals surface area contributed by atoms with E-state index in [0.717, 1.165) is 12.8 Å². The number of hydrogen-bond donors (Lipinski definition) is 0. The molecule has 2 heterocycles. The van der Waals surface area contributed by atoms with Crippen LogP contribution in [0.1, 0.15) is 80.3 Å². The lowest BCUT2D eigenvalue weighted by atomic mass is 9.90. The third-order valence-corrected chi connectivity index (χ3v) is 4.45. The fourth-order valence-electron chi connectivity index (χ4n) is 2.36. The highest BCUT2D eigenvalue weighted by atomic mass is 35.7. The summed E-state index contributed by atoms with van der Waals surface area (Å²) in [7, 11) is -9.89. The van der Waals surface area contributed by atoms with Gasteiger partial charge in [-0.25, -0.2) is 37.3 Å². The van der Waals surface area contributed by atoms with Crippen LogP contribution in [-0.2, 0) is 11.1 Å². The molecule has 34 heavy (non-hydrogen) atoms. The van der Waals surface area contributed by atoms with E-state index in [1.54, 1.807) is 9.59 Å². The standard InChI is InChI=1S/C16H32N8.2ClHO4/c1-13(2)23-17-11-21(19-23)15(5,6)9-10-16(7,8)22-12-18-24(20-22)14(3)4;2*2-1(3,4)5/h11-14H,9-10H2,1-8H3;2*(H,2,3,4,5)/q+2;;/p-2. The van der Waals surface area contributed by atoms with E-state index in [-0.39, 0.29) is 23.2 Å². The number of rotatable bonds is 7. The van der Waals surface area contributed by atoms with Gasteiger partial charge in [-0.15, -0.1) is 29.8 Å². The van der Waals surface area contributed by atoms with Crippen molar-refractivity contribution in [1.29, 1.82) is 0 Å². The van der Waals surface area contributed by atoms with Gasteiger partial charge in [0.15, 0.2) is 0 Å². The molecular formula is C16H32Cl2N8O8. The fourth-order valence-corrected chi connectivity index (χ4v) is 2.36. The second-order valence-electron chi connectivity index (χ2n) is 9.04. The summed E-state index contributed by atoms with van der Waals surface area (Å²) < 4.78 is 71.9. The van der Waals surface area contributed by atoms with Crippen molar-refractivity contribution in [2.45, 2.75) is 91.4 Å². The average Bonchev–Trinajstić information content (AvgIpc) is 3.27. The zero-order chi connectivity index (χ0) is 27.1. The lowest BCUT2D eigenvalue weighted by molar-refractivity contribution is -2.00. The number of aromatic nitrogens is 8. The minimum absolute atomic E-state index is 0.112. The first kappa shape index (κ1) is 32.4. The second-order valence-corrected chi connectivity index (χ2v) is 10.6. The maximum absolute atomic E-state index is 8.49. The van der Waals surface area contributed by atoms with Crippen molar-refractivity contribution >= 4 is 0 Å². The van der Waals surface area contributed by atoms with Crippen LogP contribution in [0.4, 0.5) is 0 Å². The minimum Gasteiger partial charge on any atom is -0.222 e. The summed E-state index contributed by atoms with van der Waals surface area (Å²) >= 11 is 0. The van der Waals surface area contributed by atoms with Gasteiger partial charge in [-0.1, -0.05) is 0 Å². The SMILES string of the molecule is CC(C)n1nc[n+](C(C)(C)CCC(C)(C)[n+]2cnn(C(C)C)n2)n1.[O-][Cl+3]([O-])([O-])[O-].[O-][Cl+3]([O-])([O-])[O-]. The third-order valence-electron chi connectivity index (χ3n) is 4.45. The molecule has 0 fully saturated rings. The van der Waals surface area contributed by atoms with Crippen LogP contribution in [0.3, 0.4) is 0 Å². The normalized spacial score (nSPS) is 12.9. The van der Waals surface area contributed by atoms with E-state index in [1.165, 1.54) is 0 Å². The molecule has 2 rings (SSSR count). The molecule has 0 amide bonds. The molecule has 0 radical (unpaired) electrons. The van der Waals surface area contributed by atoms with Crippen molar-refractivity contribution in [3.8, 4) is 0 Å². The fraction of sp³-hybridized carbons (Fsp3) is 0.875. The van der Waals surface area contributed by atoms with E-state index in [4.69, 9.17) is 37.3 Å². The Morgan fingerprint density at radius 2 is 0.882 bits per heavy atom. The van der Waals surface area contributed by atoms with Gasteiger partial charge in [-0.3, -0.25) is 0 Å². The van der Waals surface area contributed by atoms with E-state index in [0.29, 0.717) is 0 Å². The summed E-state index contributed by atoms with van der Waals surface area (Å²) in [6.45, 7) is 17.1. The number of hydrogen-bond acceptors (Lipinski definition) is 12. The molecule has 198 valence electrons. The molecule has 0 atom stereocenters. The Bertz CT molecular complexity index is 780. The van der Waals surface area contributed by atoms with Crippen LogP contribution in [0, 0.1) is 20.5 Å². The molecule has 2 aromatic heterocycles. The molecule has 0 saturated carbocycles. The first-order chi connectivity index (χ1) is 15.0. The van der Waals surface area contributed by atoms with Gasteiger partial charge in [0.25, 0.3) is 12.7 Å². The van der Waals surface area contributed by atoms with Gasteiger partial charge in [0.2, 0.25) is 0 Å². The van der Waals surface area contributed by atoms with Crippen LogP contribution >= 0.6 is 0 Å². The van der Waals surface area contributed by atoms with Gasteiger partial charge >= 0.3 is 0 Å². The minimum atomic E-state index is -4.94. The Balaban J connectivity index is 0.000000916. The zero-order valence-corrected chi connectivity index (χ0v) is 21.8.